The fourth-order valence-electron chi connectivity index (χ4n) is 2.46. The molecule has 0 aliphatic carbocycles. The third-order valence-corrected chi connectivity index (χ3v) is 3.63. The van der Waals surface area contributed by atoms with Gasteiger partial charge in [0.2, 0.25) is 5.88 Å². The van der Waals surface area contributed by atoms with Crippen LogP contribution in [0.5, 0.6) is 5.88 Å². The zero-order valence-corrected chi connectivity index (χ0v) is 12.2. The van der Waals surface area contributed by atoms with Crippen LogP contribution in [0.1, 0.15) is 18.9 Å². The van der Waals surface area contributed by atoms with Gasteiger partial charge in [0.05, 0.1) is 23.1 Å². The summed E-state index contributed by atoms with van der Waals surface area (Å²) in [6, 6.07) is 1.71. The molecule has 1 aliphatic heterocycles. The maximum absolute atomic E-state index is 12.3. The minimum atomic E-state index is -4.44. The molecule has 22 heavy (non-hydrogen) atoms. The Bertz CT molecular complexity index is 668. The number of aromatic nitrogens is 3. The predicted octanol–water partition coefficient (Wildman–Crippen LogP) is 3.38. The summed E-state index contributed by atoms with van der Waals surface area (Å²) in [7, 11) is 0. The van der Waals surface area contributed by atoms with Gasteiger partial charge < -0.3 is 9.47 Å². The van der Waals surface area contributed by atoms with Crippen LogP contribution < -0.4 is 4.74 Å². The molecule has 5 nitrogen and oxygen atoms in total. The Morgan fingerprint density at radius 1 is 1.36 bits per heavy atom. The van der Waals surface area contributed by atoms with Gasteiger partial charge in [-0.25, -0.2) is 4.98 Å². The number of halogens is 4. The van der Waals surface area contributed by atoms with E-state index in [1.807, 2.05) is 0 Å². The van der Waals surface area contributed by atoms with Crippen molar-refractivity contribution in [2.24, 2.45) is 0 Å². The van der Waals surface area contributed by atoms with Crippen molar-refractivity contribution in [3.63, 3.8) is 0 Å². The van der Waals surface area contributed by atoms with Crippen LogP contribution in [0.2, 0.25) is 5.15 Å². The molecule has 0 spiro atoms. The molecule has 0 amide bonds. The summed E-state index contributed by atoms with van der Waals surface area (Å²) in [5.41, 5.74) is 0.615. The molecule has 3 heterocycles. The Kier molecular flexibility index (Phi) is 4.14. The van der Waals surface area contributed by atoms with Gasteiger partial charge in [-0.2, -0.15) is 18.3 Å². The smallest absolute Gasteiger partial charge is 0.422 e. The molecule has 120 valence electrons. The highest BCUT2D eigenvalue weighted by Gasteiger charge is 2.29. The number of nitrogens with zero attached hydrogens (tertiary/aromatic N) is 3. The van der Waals surface area contributed by atoms with E-state index in [4.69, 9.17) is 21.1 Å². The molecule has 1 fully saturated rings. The lowest BCUT2D eigenvalue weighted by Crippen LogP contribution is -2.20. The van der Waals surface area contributed by atoms with Gasteiger partial charge in [-0.05, 0) is 12.8 Å². The first-order valence-corrected chi connectivity index (χ1v) is 7.13. The number of alkyl halides is 3. The number of fused-ring (bicyclic) bond motifs is 1. The molecule has 1 saturated heterocycles. The van der Waals surface area contributed by atoms with E-state index in [-0.39, 0.29) is 17.1 Å². The van der Waals surface area contributed by atoms with Crippen LogP contribution in [0.15, 0.2) is 12.3 Å². The van der Waals surface area contributed by atoms with Crippen molar-refractivity contribution in [2.75, 3.05) is 19.8 Å². The zero-order chi connectivity index (χ0) is 15.7. The van der Waals surface area contributed by atoms with Crippen molar-refractivity contribution in [3.8, 4) is 5.88 Å². The lowest BCUT2D eigenvalue weighted by molar-refractivity contribution is -0.153. The van der Waals surface area contributed by atoms with E-state index in [9.17, 15) is 13.2 Å². The van der Waals surface area contributed by atoms with Crippen LogP contribution in [-0.2, 0) is 4.74 Å². The quantitative estimate of drug-likeness (QED) is 0.807. The summed E-state index contributed by atoms with van der Waals surface area (Å²) in [5, 5.41) is 4.75. The van der Waals surface area contributed by atoms with Crippen LogP contribution >= 0.6 is 11.6 Å². The molecule has 0 N–H and O–H groups in total. The zero-order valence-electron chi connectivity index (χ0n) is 11.4. The summed E-state index contributed by atoms with van der Waals surface area (Å²) in [6.07, 6.45) is -1.40. The number of hydrogen-bond donors (Lipinski definition) is 0. The van der Waals surface area contributed by atoms with Crippen LogP contribution in [0, 0.1) is 0 Å². The molecule has 2 aromatic rings. The highest BCUT2D eigenvalue weighted by Crippen LogP contribution is 2.31. The Balaban J connectivity index is 1.95. The molecular formula is C13H13ClF3N3O2. The van der Waals surface area contributed by atoms with Crippen molar-refractivity contribution >= 4 is 22.5 Å². The summed E-state index contributed by atoms with van der Waals surface area (Å²) in [6.45, 7) is -0.164. The lowest BCUT2D eigenvalue weighted by atomic mass is 10.1. The third-order valence-electron chi connectivity index (χ3n) is 3.44. The molecule has 1 aliphatic rings. The van der Waals surface area contributed by atoms with Gasteiger partial charge in [0.1, 0.15) is 5.15 Å². The predicted molar refractivity (Wildman–Crippen MR) is 73.2 cm³/mol. The van der Waals surface area contributed by atoms with Crippen LogP contribution in [0.25, 0.3) is 10.9 Å². The topological polar surface area (TPSA) is 49.2 Å². The van der Waals surface area contributed by atoms with Gasteiger partial charge in [-0.1, -0.05) is 11.6 Å². The van der Waals surface area contributed by atoms with E-state index in [0.717, 1.165) is 12.8 Å². The Morgan fingerprint density at radius 3 is 2.77 bits per heavy atom. The Morgan fingerprint density at radius 2 is 2.09 bits per heavy atom. The van der Waals surface area contributed by atoms with Crippen molar-refractivity contribution in [1.29, 1.82) is 0 Å². The van der Waals surface area contributed by atoms with E-state index in [1.54, 1.807) is 10.7 Å². The van der Waals surface area contributed by atoms with E-state index >= 15 is 0 Å². The van der Waals surface area contributed by atoms with E-state index in [0.29, 0.717) is 24.1 Å². The molecule has 0 atom stereocenters. The molecule has 0 aromatic carbocycles. The normalized spacial score (nSPS) is 17.1. The molecule has 0 bridgehead atoms. The fourth-order valence-corrected chi connectivity index (χ4v) is 2.64. The standard InChI is InChI=1S/C13H13ClF3N3O2/c14-11-5-10-9(12(19-11)22-7-13(15,16)17)6-18-20(10)8-1-3-21-4-2-8/h5-6,8H,1-4,7H2. The largest absolute Gasteiger partial charge is 0.467 e. The second-order valence-corrected chi connectivity index (χ2v) is 5.41. The first kappa shape index (κ1) is 15.4. The molecule has 0 unspecified atom stereocenters. The molecule has 3 rings (SSSR count). The highest BCUT2D eigenvalue weighted by molar-refractivity contribution is 6.30. The average Bonchev–Trinajstić information content (AvgIpc) is 2.88. The Labute approximate surface area is 129 Å². The third kappa shape index (κ3) is 3.27. The average molecular weight is 336 g/mol. The van der Waals surface area contributed by atoms with Gasteiger partial charge in [-0.3, -0.25) is 4.68 Å². The number of rotatable bonds is 3. The second kappa shape index (κ2) is 5.92. The number of pyridine rings is 1. The van der Waals surface area contributed by atoms with Crippen molar-refractivity contribution in [1.82, 2.24) is 14.8 Å². The maximum atomic E-state index is 12.3. The van der Waals surface area contributed by atoms with Crippen molar-refractivity contribution in [3.05, 3.63) is 17.4 Å². The second-order valence-electron chi connectivity index (χ2n) is 5.02. The maximum Gasteiger partial charge on any atom is 0.422 e. The van der Waals surface area contributed by atoms with Gasteiger partial charge in [0.15, 0.2) is 6.61 Å². The van der Waals surface area contributed by atoms with Gasteiger partial charge >= 0.3 is 6.18 Å². The van der Waals surface area contributed by atoms with Gasteiger partial charge in [0.25, 0.3) is 0 Å². The fraction of sp³-hybridized carbons (Fsp3) is 0.538. The minimum absolute atomic E-state index is 0.0680. The van der Waals surface area contributed by atoms with Crippen LogP contribution in [0.3, 0.4) is 0 Å². The van der Waals surface area contributed by atoms with E-state index in [2.05, 4.69) is 10.1 Å². The molecule has 0 radical (unpaired) electrons. The van der Waals surface area contributed by atoms with E-state index in [1.165, 1.54) is 6.20 Å². The van der Waals surface area contributed by atoms with Crippen molar-refractivity contribution in [2.45, 2.75) is 25.1 Å². The minimum Gasteiger partial charge on any atom is -0.467 e. The summed E-state index contributed by atoms with van der Waals surface area (Å²) >= 11 is 5.90. The summed E-state index contributed by atoms with van der Waals surface area (Å²) in [5.74, 6) is -0.155. The lowest BCUT2D eigenvalue weighted by Gasteiger charge is -2.23. The van der Waals surface area contributed by atoms with E-state index < -0.39 is 12.8 Å². The Hall–Kier alpha value is -1.54. The van der Waals surface area contributed by atoms with Gasteiger partial charge in [-0.15, -0.1) is 0 Å². The number of ether oxygens (including phenoxy) is 2. The molecule has 0 saturated carbocycles. The number of hydrogen-bond acceptors (Lipinski definition) is 4. The molecule has 9 heteroatoms. The summed E-state index contributed by atoms with van der Waals surface area (Å²) in [4.78, 5) is 3.83. The molecule has 2 aromatic heterocycles. The first-order chi connectivity index (χ1) is 10.4. The van der Waals surface area contributed by atoms with Gasteiger partial charge in [0, 0.05) is 19.3 Å². The SMILES string of the molecule is FC(F)(F)COc1nc(Cl)cc2c1cnn2C1CCOCC1. The van der Waals surface area contributed by atoms with Crippen molar-refractivity contribution < 1.29 is 22.6 Å². The van der Waals surface area contributed by atoms with Crippen LogP contribution in [-0.4, -0.2) is 40.8 Å². The molecular weight excluding hydrogens is 323 g/mol. The highest BCUT2D eigenvalue weighted by atomic mass is 35.5. The van der Waals surface area contributed by atoms with Crippen LogP contribution in [0.4, 0.5) is 13.2 Å². The monoisotopic (exact) mass is 335 g/mol. The summed E-state index contributed by atoms with van der Waals surface area (Å²) < 4.78 is 48.8. The first-order valence-electron chi connectivity index (χ1n) is 6.75.